The number of H-pyrrole nitrogens is 2. The molecule has 8 rings (SSSR count). The number of amides is 1. The van der Waals surface area contributed by atoms with E-state index in [0.717, 1.165) is 55.7 Å². The largest absolute Gasteiger partial charge is 0.464 e. The molecule has 0 radical (unpaired) electrons. The van der Waals surface area contributed by atoms with Crippen LogP contribution in [0, 0.1) is 0 Å². The first-order valence-corrected chi connectivity index (χ1v) is 16.1. The Balaban J connectivity index is 0.000000159. The Labute approximate surface area is 293 Å². The SMILES string of the molecule is COC(=O)c1cc2c(Nc3ccc(-c4ccccc4)cc3)cncc2[nH]1.NC(=O)c1cc2c(Nc3ccc(-c4ccccc4)cc3)cncc2[nH]1. The van der Waals surface area contributed by atoms with Crippen LogP contribution in [0.1, 0.15) is 21.0 Å². The monoisotopic (exact) mass is 671 g/mol. The number of nitrogens with zero attached hydrogens (tertiary/aromatic N) is 2. The van der Waals surface area contributed by atoms with Gasteiger partial charge in [-0.05, 0) is 58.7 Å². The van der Waals surface area contributed by atoms with Crippen LogP contribution in [-0.2, 0) is 4.74 Å². The van der Waals surface area contributed by atoms with Crippen molar-refractivity contribution in [2.45, 2.75) is 0 Å². The third-order valence-corrected chi connectivity index (χ3v) is 8.30. The van der Waals surface area contributed by atoms with E-state index in [0.29, 0.717) is 11.4 Å². The number of esters is 1. The van der Waals surface area contributed by atoms with Gasteiger partial charge in [0.2, 0.25) is 0 Å². The molecule has 0 saturated heterocycles. The molecule has 4 heterocycles. The Kier molecular flexibility index (Phi) is 9.20. The van der Waals surface area contributed by atoms with Crippen molar-refractivity contribution in [3.8, 4) is 22.3 Å². The van der Waals surface area contributed by atoms with Crippen molar-refractivity contribution in [2.24, 2.45) is 5.73 Å². The molecule has 0 bridgehead atoms. The number of methoxy groups -OCH3 is 1. The summed E-state index contributed by atoms with van der Waals surface area (Å²) in [6.45, 7) is 0. The molecule has 1 amide bonds. The third-order valence-electron chi connectivity index (χ3n) is 8.30. The van der Waals surface area contributed by atoms with Gasteiger partial charge in [0.15, 0.2) is 0 Å². The highest BCUT2D eigenvalue weighted by molar-refractivity contribution is 6.02. The maximum absolute atomic E-state index is 11.7. The summed E-state index contributed by atoms with van der Waals surface area (Å²) >= 11 is 0. The number of rotatable bonds is 8. The number of carbonyl (C=O) groups excluding carboxylic acids is 2. The van der Waals surface area contributed by atoms with Crippen molar-refractivity contribution in [1.82, 2.24) is 19.9 Å². The number of nitrogens with one attached hydrogen (secondary N) is 4. The Hall–Kier alpha value is -7.20. The van der Waals surface area contributed by atoms with Gasteiger partial charge in [-0.2, -0.15) is 0 Å². The summed E-state index contributed by atoms with van der Waals surface area (Å²) in [6.07, 6.45) is 6.82. The van der Waals surface area contributed by atoms with Crippen LogP contribution in [0.3, 0.4) is 0 Å². The second-order valence-corrected chi connectivity index (χ2v) is 11.7. The maximum Gasteiger partial charge on any atom is 0.354 e. The molecular weight excluding hydrogens is 638 g/mol. The van der Waals surface area contributed by atoms with Gasteiger partial charge in [-0.15, -0.1) is 0 Å². The zero-order chi connectivity index (χ0) is 35.2. The zero-order valence-electron chi connectivity index (χ0n) is 27.6. The smallest absolute Gasteiger partial charge is 0.354 e. The Bertz CT molecular complexity index is 2440. The zero-order valence-corrected chi connectivity index (χ0v) is 27.6. The van der Waals surface area contributed by atoms with E-state index < -0.39 is 11.9 Å². The van der Waals surface area contributed by atoms with E-state index in [1.165, 1.54) is 18.2 Å². The molecule has 0 fully saturated rings. The van der Waals surface area contributed by atoms with Gasteiger partial charge in [0.1, 0.15) is 11.4 Å². The molecule has 10 heteroatoms. The molecule has 250 valence electrons. The molecule has 8 aromatic rings. The Morgan fingerprint density at radius 3 is 1.41 bits per heavy atom. The Morgan fingerprint density at radius 1 is 0.569 bits per heavy atom. The topological polar surface area (TPSA) is 151 Å². The van der Waals surface area contributed by atoms with Crippen molar-refractivity contribution in [1.29, 1.82) is 0 Å². The van der Waals surface area contributed by atoms with Gasteiger partial charge in [0, 0.05) is 22.1 Å². The predicted octanol–water partition coefficient (Wildman–Crippen LogP) is 8.83. The van der Waals surface area contributed by atoms with Crippen molar-refractivity contribution in [3.05, 3.63) is 158 Å². The quantitative estimate of drug-likeness (QED) is 0.101. The molecule has 4 aromatic heterocycles. The summed E-state index contributed by atoms with van der Waals surface area (Å²) in [6, 6.07) is 40.3. The van der Waals surface area contributed by atoms with E-state index in [1.807, 2.05) is 60.7 Å². The van der Waals surface area contributed by atoms with Gasteiger partial charge < -0.3 is 31.1 Å². The minimum absolute atomic E-state index is 0.366. The average molecular weight is 672 g/mol. The molecule has 10 nitrogen and oxygen atoms in total. The van der Waals surface area contributed by atoms with Crippen LogP contribution >= 0.6 is 0 Å². The number of aromatic nitrogens is 4. The highest BCUT2D eigenvalue weighted by Crippen LogP contribution is 2.29. The normalized spacial score (nSPS) is 10.7. The molecular formula is C41H33N7O3. The first-order valence-electron chi connectivity index (χ1n) is 16.1. The summed E-state index contributed by atoms with van der Waals surface area (Å²) in [5.41, 5.74) is 15.8. The number of nitrogens with two attached hydrogens (primary N) is 1. The number of anilines is 4. The molecule has 0 unspecified atom stereocenters. The van der Waals surface area contributed by atoms with E-state index in [1.54, 1.807) is 36.9 Å². The fourth-order valence-corrected chi connectivity index (χ4v) is 5.72. The number of hydrogen-bond donors (Lipinski definition) is 5. The molecule has 0 saturated carbocycles. The first kappa shape index (κ1) is 32.4. The predicted molar refractivity (Wildman–Crippen MR) is 202 cm³/mol. The summed E-state index contributed by atoms with van der Waals surface area (Å²) in [7, 11) is 1.36. The van der Waals surface area contributed by atoms with Crippen LogP contribution in [0.2, 0.25) is 0 Å². The summed E-state index contributed by atoms with van der Waals surface area (Å²) < 4.78 is 4.77. The lowest BCUT2D eigenvalue weighted by molar-refractivity contribution is 0.0595. The van der Waals surface area contributed by atoms with Crippen LogP contribution in [0.4, 0.5) is 22.7 Å². The van der Waals surface area contributed by atoms with Crippen LogP contribution in [-0.4, -0.2) is 38.9 Å². The van der Waals surface area contributed by atoms with Crippen molar-refractivity contribution < 1.29 is 14.3 Å². The molecule has 4 aromatic carbocycles. The van der Waals surface area contributed by atoms with E-state index in [2.05, 4.69) is 79.1 Å². The van der Waals surface area contributed by atoms with Gasteiger partial charge >= 0.3 is 5.97 Å². The number of carbonyl (C=O) groups is 2. The lowest BCUT2D eigenvalue weighted by Gasteiger charge is -2.08. The minimum atomic E-state index is -0.491. The number of ether oxygens (including phenoxy) is 1. The highest BCUT2D eigenvalue weighted by atomic mass is 16.5. The molecule has 6 N–H and O–H groups in total. The number of aromatic amines is 2. The standard InChI is InChI=1S/C21H17N3O2.C20H16N4O/c1-26-21(25)18-11-17-19(12-22-13-20(17)24-18)23-16-9-7-15(8-10-16)14-5-3-2-4-6-14;21-20(25)17-10-16-18(11-22-12-19(16)24-17)23-15-8-6-14(7-9-15)13-4-2-1-3-5-13/h2-13,23-24H,1H3;1-12,23-24H,(H2,21,25). The summed E-state index contributed by atoms with van der Waals surface area (Å²) in [4.78, 5) is 37.5. The second kappa shape index (κ2) is 14.5. The van der Waals surface area contributed by atoms with Gasteiger partial charge in [0.25, 0.3) is 5.91 Å². The molecule has 0 aliphatic rings. The van der Waals surface area contributed by atoms with Crippen LogP contribution in [0.25, 0.3) is 44.1 Å². The Morgan fingerprint density at radius 2 is 0.980 bits per heavy atom. The summed E-state index contributed by atoms with van der Waals surface area (Å²) in [5.74, 6) is -0.895. The molecule has 0 aliphatic heterocycles. The highest BCUT2D eigenvalue weighted by Gasteiger charge is 2.13. The lowest BCUT2D eigenvalue weighted by atomic mass is 10.1. The van der Waals surface area contributed by atoms with E-state index in [9.17, 15) is 9.59 Å². The van der Waals surface area contributed by atoms with Crippen molar-refractivity contribution in [2.75, 3.05) is 17.7 Å². The summed E-state index contributed by atoms with van der Waals surface area (Å²) in [5, 5.41) is 8.46. The van der Waals surface area contributed by atoms with Gasteiger partial charge in [0.05, 0.1) is 54.3 Å². The number of primary amides is 1. The fourth-order valence-electron chi connectivity index (χ4n) is 5.72. The van der Waals surface area contributed by atoms with Crippen LogP contribution in [0.15, 0.2) is 146 Å². The van der Waals surface area contributed by atoms with Gasteiger partial charge in [-0.25, -0.2) is 4.79 Å². The molecule has 0 atom stereocenters. The fraction of sp³-hybridized carbons (Fsp3) is 0.0244. The first-order chi connectivity index (χ1) is 24.9. The van der Waals surface area contributed by atoms with E-state index >= 15 is 0 Å². The number of pyridine rings is 2. The molecule has 0 aliphatic carbocycles. The third kappa shape index (κ3) is 7.30. The minimum Gasteiger partial charge on any atom is -0.464 e. The van der Waals surface area contributed by atoms with Crippen molar-refractivity contribution in [3.63, 3.8) is 0 Å². The van der Waals surface area contributed by atoms with Crippen molar-refractivity contribution >= 4 is 56.4 Å². The molecule has 51 heavy (non-hydrogen) atoms. The lowest BCUT2D eigenvalue weighted by Crippen LogP contribution is -2.10. The van der Waals surface area contributed by atoms with Gasteiger partial charge in [-0.1, -0.05) is 84.9 Å². The van der Waals surface area contributed by atoms with Gasteiger partial charge in [-0.3, -0.25) is 14.8 Å². The van der Waals surface area contributed by atoms with E-state index in [4.69, 9.17) is 10.5 Å². The number of fused-ring (bicyclic) bond motifs is 2. The van der Waals surface area contributed by atoms with Crippen LogP contribution < -0.4 is 16.4 Å². The van der Waals surface area contributed by atoms with E-state index in [-0.39, 0.29) is 0 Å². The number of benzene rings is 4. The molecule has 0 spiro atoms. The van der Waals surface area contributed by atoms with Crippen LogP contribution in [0.5, 0.6) is 0 Å². The number of hydrogen-bond acceptors (Lipinski definition) is 7. The average Bonchev–Trinajstić information content (AvgIpc) is 3.83. The maximum atomic E-state index is 11.7. The second-order valence-electron chi connectivity index (χ2n) is 11.7.